The Morgan fingerprint density at radius 1 is 0.966 bits per heavy atom. The van der Waals surface area contributed by atoms with E-state index in [1.54, 1.807) is 12.1 Å². The zero-order chi connectivity index (χ0) is 20.9. The van der Waals surface area contributed by atoms with Crippen LogP contribution in [-0.4, -0.2) is 11.6 Å². The van der Waals surface area contributed by atoms with E-state index in [9.17, 15) is 4.79 Å². The molecule has 0 aliphatic rings. The molecule has 0 bridgehead atoms. The van der Waals surface area contributed by atoms with Gasteiger partial charge in [-0.1, -0.05) is 61.2 Å². The number of hydrogen-bond donors (Lipinski definition) is 0. The van der Waals surface area contributed by atoms with Crippen LogP contribution in [0, 0.1) is 0 Å². The van der Waals surface area contributed by atoms with Crippen molar-refractivity contribution < 1.29 is 14.3 Å². The van der Waals surface area contributed by atoms with Gasteiger partial charge in [-0.3, -0.25) is 0 Å². The highest BCUT2D eigenvalue weighted by atomic mass is 16.6. The van der Waals surface area contributed by atoms with Gasteiger partial charge in [0.1, 0.15) is 18.0 Å². The summed E-state index contributed by atoms with van der Waals surface area (Å²) < 4.78 is 11.4. The predicted molar refractivity (Wildman–Crippen MR) is 118 cm³/mol. The van der Waals surface area contributed by atoms with Crippen LogP contribution in [-0.2, 0) is 11.3 Å². The summed E-state index contributed by atoms with van der Waals surface area (Å²) in [5, 5.41) is 0. The molecule has 3 rings (SSSR count). The quantitative estimate of drug-likeness (QED) is 0.452. The lowest BCUT2D eigenvalue weighted by atomic mass is 9.98. The van der Waals surface area contributed by atoms with Crippen molar-refractivity contribution in [2.45, 2.75) is 33.0 Å². The van der Waals surface area contributed by atoms with Crippen molar-refractivity contribution in [3.63, 3.8) is 0 Å². The lowest BCUT2D eigenvalue weighted by Gasteiger charge is -2.19. The minimum absolute atomic E-state index is 0.326. The molecule has 0 saturated carbocycles. The molecule has 0 aliphatic carbocycles. The molecule has 148 valence electrons. The third-order valence-corrected chi connectivity index (χ3v) is 4.32. The second-order valence-corrected chi connectivity index (χ2v) is 7.81. The first-order valence-electron chi connectivity index (χ1n) is 9.63. The van der Waals surface area contributed by atoms with E-state index in [0.717, 1.165) is 28.0 Å². The molecule has 29 heavy (non-hydrogen) atoms. The second-order valence-electron chi connectivity index (χ2n) is 7.81. The molecule has 0 spiro atoms. The Labute approximate surface area is 172 Å². The second kappa shape index (κ2) is 8.78. The van der Waals surface area contributed by atoms with E-state index in [4.69, 9.17) is 9.47 Å². The molecule has 3 heteroatoms. The number of carbonyl (C=O) groups is 1. The van der Waals surface area contributed by atoms with Crippen molar-refractivity contribution in [2.24, 2.45) is 0 Å². The maximum absolute atomic E-state index is 12.2. The van der Waals surface area contributed by atoms with E-state index >= 15 is 0 Å². The fraction of sp³-hybridized carbons (Fsp3) is 0.192. The lowest BCUT2D eigenvalue weighted by molar-refractivity contribution is 0.00695. The first kappa shape index (κ1) is 20.4. The number of benzene rings is 3. The summed E-state index contributed by atoms with van der Waals surface area (Å²) >= 11 is 0. The van der Waals surface area contributed by atoms with Crippen LogP contribution >= 0.6 is 0 Å². The Kier molecular flexibility index (Phi) is 6.18. The molecular weight excluding hydrogens is 360 g/mol. The number of rotatable bonds is 6. The number of esters is 1. The van der Waals surface area contributed by atoms with Crippen LogP contribution in [0.2, 0.25) is 0 Å². The lowest BCUT2D eigenvalue weighted by Crippen LogP contribution is -2.23. The third-order valence-electron chi connectivity index (χ3n) is 4.32. The van der Waals surface area contributed by atoms with Crippen LogP contribution in [0.5, 0.6) is 5.75 Å². The average Bonchev–Trinajstić information content (AvgIpc) is 2.71. The van der Waals surface area contributed by atoms with E-state index in [2.05, 4.69) is 6.58 Å². The molecule has 0 heterocycles. The van der Waals surface area contributed by atoms with Crippen molar-refractivity contribution in [3.8, 4) is 16.9 Å². The highest BCUT2D eigenvalue weighted by Crippen LogP contribution is 2.30. The van der Waals surface area contributed by atoms with Crippen LogP contribution in [0.25, 0.3) is 17.2 Å². The molecule has 0 fully saturated rings. The van der Waals surface area contributed by atoms with Gasteiger partial charge in [0.2, 0.25) is 0 Å². The maximum atomic E-state index is 12.2. The Balaban J connectivity index is 1.81. The molecule has 0 atom stereocenters. The van der Waals surface area contributed by atoms with E-state index < -0.39 is 5.60 Å². The minimum Gasteiger partial charge on any atom is -0.489 e. The summed E-state index contributed by atoms with van der Waals surface area (Å²) in [5.74, 6) is 0.457. The number of carbonyl (C=O) groups excluding carboxylic acids is 1. The van der Waals surface area contributed by atoms with Gasteiger partial charge >= 0.3 is 5.97 Å². The molecule has 3 aromatic carbocycles. The molecule has 0 saturated heterocycles. The Hall–Kier alpha value is -3.33. The maximum Gasteiger partial charge on any atom is 0.338 e. The van der Waals surface area contributed by atoms with Gasteiger partial charge in [0.05, 0.1) is 5.56 Å². The standard InChI is InChI=1S/C26H26O3/c1-5-20-15-16-23(28-18-19-9-7-6-8-10-19)17-24(20)21-11-13-22(14-12-21)25(27)29-26(2,3)4/h5-17H,1,18H2,2-4H3. The normalized spacial score (nSPS) is 11.0. The van der Waals surface area contributed by atoms with Crippen molar-refractivity contribution in [2.75, 3.05) is 0 Å². The van der Waals surface area contributed by atoms with Crippen LogP contribution in [0.3, 0.4) is 0 Å². The summed E-state index contributed by atoms with van der Waals surface area (Å²) in [7, 11) is 0. The van der Waals surface area contributed by atoms with E-state index in [0.29, 0.717) is 12.2 Å². The topological polar surface area (TPSA) is 35.5 Å². The summed E-state index contributed by atoms with van der Waals surface area (Å²) in [6.07, 6.45) is 1.82. The molecule has 3 aromatic rings. The molecule has 0 radical (unpaired) electrons. The highest BCUT2D eigenvalue weighted by molar-refractivity contribution is 5.90. The smallest absolute Gasteiger partial charge is 0.338 e. The zero-order valence-corrected chi connectivity index (χ0v) is 17.1. The first-order chi connectivity index (χ1) is 13.9. The summed E-state index contributed by atoms with van der Waals surface area (Å²) in [6.45, 7) is 9.99. The van der Waals surface area contributed by atoms with Crippen molar-refractivity contribution in [1.29, 1.82) is 0 Å². The average molecular weight is 386 g/mol. The molecule has 3 nitrogen and oxygen atoms in total. The van der Waals surface area contributed by atoms with Gasteiger partial charge in [-0.25, -0.2) is 4.79 Å². The third kappa shape index (κ3) is 5.58. The summed E-state index contributed by atoms with van der Waals surface area (Å²) in [6, 6.07) is 23.4. The molecule has 0 aliphatic heterocycles. The minimum atomic E-state index is -0.518. The molecule has 0 N–H and O–H groups in total. The van der Waals surface area contributed by atoms with E-state index in [1.807, 2.05) is 87.5 Å². The fourth-order valence-corrected chi connectivity index (χ4v) is 2.92. The molecule has 0 amide bonds. The number of hydrogen-bond acceptors (Lipinski definition) is 3. The van der Waals surface area contributed by atoms with Crippen LogP contribution < -0.4 is 4.74 Å². The molecule has 0 unspecified atom stereocenters. The van der Waals surface area contributed by atoms with Gasteiger partial charge in [0.25, 0.3) is 0 Å². The van der Waals surface area contributed by atoms with Crippen molar-refractivity contribution in [1.82, 2.24) is 0 Å². The monoisotopic (exact) mass is 386 g/mol. The van der Waals surface area contributed by atoms with Crippen LogP contribution in [0.15, 0.2) is 79.4 Å². The van der Waals surface area contributed by atoms with E-state index in [-0.39, 0.29) is 5.97 Å². The summed E-state index contributed by atoms with van der Waals surface area (Å²) in [5.41, 5.74) is 4.11. The molecular formula is C26H26O3. The van der Waals surface area contributed by atoms with E-state index in [1.165, 1.54) is 0 Å². The van der Waals surface area contributed by atoms with Gasteiger partial charge in [-0.05, 0) is 67.3 Å². The highest BCUT2D eigenvalue weighted by Gasteiger charge is 2.18. The van der Waals surface area contributed by atoms with Gasteiger partial charge in [0, 0.05) is 0 Å². The SMILES string of the molecule is C=Cc1ccc(OCc2ccccc2)cc1-c1ccc(C(=O)OC(C)(C)C)cc1. The van der Waals surface area contributed by atoms with Crippen LogP contribution in [0.4, 0.5) is 0 Å². The number of ether oxygens (including phenoxy) is 2. The van der Waals surface area contributed by atoms with Crippen LogP contribution in [0.1, 0.15) is 42.3 Å². The largest absolute Gasteiger partial charge is 0.489 e. The first-order valence-corrected chi connectivity index (χ1v) is 9.63. The van der Waals surface area contributed by atoms with Gasteiger partial charge < -0.3 is 9.47 Å². The van der Waals surface area contributed by atoms with Crippen molar-refractivity contribution in [3.05, 3.63) is 96.1 Å². The fourth-order valence-electron chi connectivity index (χ4n) is 2.92. The predicted octanol–water partition coefficient (Wildman–Crippen LogP) is 6.53. The Bertz CT molecular complexity index is 981. The van der Waals surface area contributed by atoms with Crippen molar-refractivity contribution >= 4 is 12.0 Å². The Morgan fingerprint density at radius 2 is 1.66 bits per heavy atom. The van der Waals surface area contributed by atoms with Gasteiger partial charge in [-0.2, -0.15) is 0 Å². The van der Waals surface area contributed by atoms with Gasteiger partial charge in [0.15, 0.2) is 0 Å². The zero-order valence-electron chi connectivity index (χ0n) is 17.1. The Morgan fingerprint density at radius 3 is 2.28 bits per heavy atom. The van der Waals surface area contributed by atoms with Gasteiger partial charge in [-0.15, -0.1) is 0 Å². The molecule has 0 aromatic heterocycles. The summed E-state index contributed by atoms with van der Waals surface area (Å²) in [4.78, 5) is 12.2.